The molecule has 0 spiro atoms. The summed E-state index contributed by atoms with van der Waals surface area (Å²) in [6.07, 6.45) is 0.975. The Hall–Kier alpha value is -1.48. The second-order valence-corrected chi connectivity index (χ2v) is 5.80. The van der Waals surface area contributed by atoms with Crippen LogP contribution in [0.15, 0.2) is 24.3 Å². The molecule has 0 amide bonds. The maximum atomic E-state index is 6.05. The quantitative estimate of drug-likeness (QED) is 0.869. The molecule has 0 bridgehead atoms. The summed E-state index contributed by atoms with van der Waals surface area (Å²) in [6, 6.07) is 8.43. The molecule has 0 fully saturated rings. The Bertz CT molecular complexity index is 534. The smallest absolute Gasteiger partial charge is 0.0651 e. The molecule has 1 heterocycles. The second-order valence-electron chi connectivity index (χ2n) is 5.80. The SMILES string of the molecule is Cc1[nH]c2ccccc2c1N(C)CCC(C)(C)N. The van der Waals surface area contributed by atoms with E-state index >= 15 is 0 Å². The van der Waals surface area contributed by atoms with Crippen molar-refractivity contribution in [3.8, 4) is 0 Å². The molecule has 3 N–H and O–H groups in total. The zero-order valence-electron chi connectivity index (χ0n) is 11.7. The van der Waals surface area contributed by atoms with E-state index in [-0.39, 0.29) is 5.54 Å². The lowest BCUT2D eigenvalue weighted by atomic mass is 10.0. The topological polar surface area (TPSA) is 45.0 Å². The molecule has 0 aliphatic carbocycles. The molecule has 0 saturated carbocycles. The molecule has 98 valence electrons. The largest absolute Gasteiger partial charge is 0.373 e. The lowest BCUT2D eigenvalue weighted by molar-refractivity contribution is 0.479. The number of rotatable bonds is 4. The molecule has 3 heteroatoms. The van der Waals surface area contributed by atoms with Crippen LogP contribution < -0.4 is 10.6 Å². The average molecular weight is 245 g/mol. The Labute approximate surface area is 109 Å². The minimum Gasteiger partial charge on any atom is -0.373 e. The summed E-state index contributed by atoms with van der Waals surface area (Å²) in [4.78, 5) is 5.73. The fraction of sp³-hybridized carbons (Fsp3) is 0.467. The standard InChI is InChI=1S/C15H23N3/c1-11-14(18(4)10-9-15(2,3)16)12-7-5-6-8-13(12)17-11/h5-8,17H,9-10,16H2,1-4H3. The molecule has 0 unspecified atom stereocenters. The first-order valence-electron chi connectivity index (χ1n) is 6.46. The lowest BCUT2D eigenvalue weighted by Gasteiger charge is -2.25. The number of aromatic nitrogens is 1. The van der Waals surface area contributed by atoms with Gasteiger partial charge in [-0.2, -0.15) is 0 Å². The predicted octanol–water partition coefficient (Wildman–Crippen LogP) is 3.04. The third-order valence-corrected chi connectivity index (χ3v) is 3.33. The maximum absolute atomic E-state index is 6.05. The van der Waals surface area contributed by atoms with Crippen molar-refractivity contribution < 1.29 is 0 Å². The number of anilines is 1. The van der Waals surface area contributed by atoms with Crippen LogP contribution in [0.3, 0.4) is 0 Å². The molecule has 18 heavy (non-hydrogen) atoms. The number of para-hydroxylation sites is 1. The van der Waals surface area contributed by atoms with Gasteiger partial charge >= 0.3 is 0 Å². The normalized spacial score (nSPS) is 12.1. The highest BCUT2D eigenvalue weighted by Crippen LogP contribution is 2.30. The number of aromatic amines is 1. The zero-order valence-corrected chi connectivity index (χ0v) is 11.7. The first-order valence-corrected chi connectivity index (χ1v) is 6.46. The monoisotopic (exact) mass is 245 g/mol. The van der Waals surface area contributed by atoms with Crippen LogP contribution in [0.25, 0.3) is 10.9 Å². The molecule has 1 aromatic heterocycles. The van der Waals surface area contributed by atoms with Crippen molar-refractivity contribution in [1.29, 1.82) is 0 Å². The van der Waals surface area contributed by atoms with Crippen LogP contribution in [-0.4, -0.2) is 24.1 Å². The van der Waals surface area contributed by atoms with Crippen LogP contribution in [0.2, 0.25) is 0 Å². The summed E-state index contributed by atoms with van der Waals surface area (Å²) < 4.78 is 0. The van der Waals surface area contributed by atoms with E-state index in [9.17, 15) is 0 Å². The first-order chi connectivity index (χ1) is 8.38. The number of nitrogens with zero attached hydrogens (tertiary/aromatic N) is 1. The van der Waals surface area contributed by atoms with Crippen molar-refractivity contribution in [2.45, 2.75) is 32.7 Å². The van der Waals surface area contributed by atoms with Gasteiger partial charge in [-0.1, -0.05) is 18.2 Å². The van der Waals surface area contributed by atoms with Crippen molar-refractivity contribution >= 4 is 16.6 Å². The van der Waals surface area contributed by atoms with Gasteiger partial charge in [-0.3, -0.25) is 0 Å². The van der Waals surface area contributed by atoms with Crippen molar-refractivity contribution in [2.75, 3.05) is 18.5 Å². The summed E-state index contributed by atoms with van der Waals surface area (Å²) in [5.41, 5.74) is 9.64. The number of nitrogens with one attached hydrogen (secondary N) is 1. The molecule has 2 rings (SSSR count). The number of fused-ring (bicyclic) bond motifs is 1. The van der Waals surface area contributed by atoms with Gasteiger partial charge in [-0.15, -0.1) is 0 Å². The molecule has 3 nitrogen and oxygen atoms in total. The lowest BCUT2D eigenvalue weighted by Crippen LogP contribution is -2.36. The van der Waals surface area contributed by atoms with Gasteiger partial charge in [-0.05, 0) is 33.3 Å². The highest BCUT2D eigenvalue weighted by atomic mass is 15.1. The van der Waals surface area contributed by atoms with Crippen LogP contribution in [-0.2, 0) is 0 Å². The molecule has 0 atom stereocenters. The van der Waals surface area contributed by atoms with E-state index in [1.807, 2.05) is 0 Å². The van der Waals surface area contributed by atoms with Gasteiger partial charge in [-0.25, -0.2) is 0 Å². The molecule has 0 saturated heterocycles. The van der Waals surface area contributed by atoms with Gasteiger partial charge in [0.1, 0.15) is 0 Å². The number of hydrogen-bond donors (Lipinski definition) is 2. The van der Waals surface area contributed by atoms with Crippen LogP contribution in [0.4, 0.5) is 5.69 Å². The molecule has 2 aromatic rings. The zero-order chi connectivity index (χ0) is 13.3. The summed E-state index contributed by atoms with van der Waals surface area (Å²) in [7, 11) is 2.13. The van der Waals surface area contributed by atoms with Crippen molar-refractivity contribution in [3.63, 3.8) is 0 Å². The van der Waals surface area contributed by atoms with Gasteiger partial charge in [0.15, 0.2) is 0 Å². The van der Waals surface area contributed by atoms with E-state index in [1.165, 1.54) is 22.3 Å². The maximum Gasteiger partial charge on any atom is 0.0651 e. The Morgan fingerprint density at radius 2 is 1.94 bits per heavy atom. The van der Waals surface area contributed by atoms with E-state index in [0.717, 1.165) is 13.0 Å². The van der Waals surface area contributed by atoms with Gasteiger partial charge in [0.25, 0.3) is 0 Å². The summed E-state index contributed by atoms with van der Waals surface area (Å²) in [5.74, 6) is 0. The Morgan fingerprint density at radius 3 is 2.61 bits per heavy atom. The third kappa shape index (κ3) is 2.67. The Morgan fingerprint density at radius 1 is 1.28 bits per heavy atom. The molecular weight excluding hydrogens is 222 g/mol. The molecular formula is C15H23N3. The van der Waals surface area contributed by atoms with Gasteiger partial charge in [0.05, 0.1) is 5.69 Å². The summed E-state index contributed by atoms with van der Waals surface area (Å²) in [6.45, 7) is 7.23. The second kappa shape index (κ2) is 4.65. The predicted molar refractivity (Wildman–Crippen MR) is 79.2 cm³/mol. The van der Waals surface area contributed by atoms with Crippen molar-refractivity contribution in [2.24, 2.45) is 5.73 Å². The Balaban J connectivity index is 2.27. The van der Waals surface area contributed by atoms with Crippen LogP contribution in [0, 0.1) is 6.92 Å². The minimum atomic E-state index is -0.117. The van der Waals surface area contributed by atoms with Gasteiger partial charge in [0.2, 0.25) is 0 Å². The van der Waals surface area contributed by atoms with Gasteiger partial charge < -0.3 is 15.6 Å². The van der Waals surface area contributed by atoms with Crippen LogP contribution in [0.5, 0.6) is 0 Å². The van der Waals surface area contributed by atoms with Gasteiger partial charge in [0, 0.05) is 35.7 Å². The van der Waals surface area contributed by atoms with E-state index in [4.69, 9.17) is 5.73 Å². The number of benzene rings is 1. The number of aryl methyl sites for hydroxylation is 1. The minimum absolute atomic E-state index is 0.117. The number of nitrogens with two attached hydrogens (primary N) is 1. The summed E-state index contributed by atoms with van der Waals surface area (Å²) in [5, 5.41) is 1.28. The first kappa shape index (κ1) is 13.0. The molecule has 1 aromatic carbocycles. The Kier molecular flexibility index (Phi) is 3.35. The van der Waals surface area contributed by atoms with Crippen molar-refractivity contribution in [3.05, 3.63) is 30.0 Å². The van der Waals surface area contributed by atoms with E-state index in [2.05, 4.69) is 62.0 Å². The number of H-pyrrole nitrogens is 1. The van der Waals surface area contributed by atoms with Crippen molar-refractivity contribution in [1.82, 2.24) is 4.98 Å². The summed E-state index contributed by atoms with van der Waals surface area (Å²) >= 11 is 0. The average Bonchev–Trinajstić information content (AvgIpc) is 2.61. The molecule has 0 aliphatic heterocycles. The molecule has 0 radical (unpaired) electrons. The fourth-order valence-electron chi connectivity index (χ4n) is 2.32. The van der Waals surface area contributed by atoms with E-state index in [1.54, 1.807) is 0 Å². The molecule has 0 aliphatic rings. The van der Waals surface area contributed by atoms with Crippen LogP contribution >= 0.6 is 0 Å². The highest BCUT2D eigenvalue weighted by Gasteiger charge is 2.15. The van der Waals surface area contributed by atoms with E-state index in [0.29, 0.717) is 0 Å². The van der Waals surface area contributed by atoms with Crippen LogP contribution in [0.1, 0.15) is 26.0 Å². The van der Waals surface area contributed by atoms with E-state index < -0.39 is 0 Å². The highest BCUT2D eigenvalue weighted by molar-refractivity contribution is 5.94. The third-order valence-electron chi connectivity index (χ3n) is 3.33. The fourth-order valence-corrected chi connectivity index (χ4v) is 2.32. The number of hydrogen-bond acceptors (Lipinski definition) is 2.